The summed E-state index contributed by atoms with van der Waals surface area (Å²) in [7, 11) is -3.85. The molecule has 1 N–H and O–H groups in total. The van der Waals surface area contributed by atoms with E-state index in [-0.39, 0.29) is 28.4 Å². The number of sulfonamides is 1. The first-order valence-electron chi connectivity index (χ1n) is 5.70. The van der Waals surface area contributed by atoms with Crippen molar-refractivity contribution in [3.05, 3.63) is 27.4 Å². The van der Waals surface area contributed by atoms with E-state index < -0.39 is 15.8 Å². The predicted molar refractivity (Wildman–Crippen MR) is 82.6 cm³/mol. The maximum Gasteiger partial charge on any atom is 0.246 e. The number of nitrogens with zero attached hydrogens (tertiary/aromatic N) is 1. The molecule has 0 radical (unpaired) electrons. The van der Waals surface area contributed by atoms with Crippen LogP contribution in [0.25, 0.3) is 0 Å². The molecular weight excluding hydrogens is 394 g/mol. The maximum atomic E-state index is 13.9. The molecule has 4 nitrogen and oxygen atoms in total. The Kier molecular flexibility index (Phi) is 6.25. The number of halogens is 4. The lowest BCUT2D eigenvalue weighted by Gasteiger charge is -2.31. The molecule has 1 aliphatic rings. The van der Waals surface area contributed by atoms with E-state index >= 15 is 0 Å². The first-order valence-corrected chi connectivity index (χ1v) is 8.31. The van der Waals surface area contributed by atoms with Crippen molar-refractivity contribution in [3.8, 4) is 0 Å². The second-order valence-corrected chi connectivity index (χ2v) is 7.58. The normalized spacial score (nSPS) is 20.5. The van der Waals surface area contributed by atoms with Crippen LogP contribution in [-0.2, 0) is 10.0 Å². The molecule has 1 aromatic carbocycles. The van der Waals surface area contributed by atoms with Crippen molar-refractivity contribution in [1.82, 2.24) is 9.62 Å². The van der Waals surface area contributed by atoms with Crippen molar-refractivity contribution in [1.29, 1.82) is 0 Å². The standard InChI is InChI=1S/C11H13BrClFN2O2S.ClH/c1-7-6-16(3-2-15-7)19(17,18)11-5-9(13)8(12)4-10(11)14;/h4-5,7,15H,2-3,6H2,1H3;1H. The van der Waals surface area contributed by atoms with E-state index in [1.54, 1.807) is 0 Å². The van der Waals surface area contributed by atoms with Gasteiger partial charge >= 0.3 is 0 Å². The third-order valence-electron chi connectivity index (χ3n) is 2.92. The Morgan fingerprint density at radius 3 is 2.75 bits per heavy atom. The van der Waals surface area contributed by atoms with Crippen LogP contribution in [0.1, 0.15) is 6.92 Å². The summed E-state index contributed by atoms with van der Waals surface area (Å²) < 4.78 is 40.3. The molecule has 1 unspecified atom stereocenters. The number of rotatable bonds is 2. The van der Waals surface area contributed by atoms with E-state index in [0.717, 1.165) is 12.1 Å². The molecule has 1 atom stereocenters. The first-order chi connectivity index (χ1) is 8.82. The van der Waals surface area contributed by atoms with Crippen LogP contribution in [0.5, 0.6) is 0 Å². The van der Waals surface area contributed by atoms with Crippen LogP contribution in [-0.4, -0.2) is 38.4 Å². The molecule has 114 valence electrons. The highest BCUT2D eigenvalue weighted by Gasteiger charge is 2.31. The molecule has 0 aliphatic carbocycles. The molecule has 1 heterocycles. The Labute approximate surface area is 137 Å². The minimum atomic E-state index is -3.85. The van der Waals surface area contributed by atoms with Gasteiger partial charge in [-0.05, 0) is 35.0 Å². The SMILES string of the molecule is CC1CN(S(=O)(=O)c2cc(Cl)c(Br)cc2F)CCN1.Cl. The molecule has 1 saturated heterocycles. The highest BCUT2D eigenvalue weighted by Crippen LogP contribution is 2.29. The number of hydrogen-bond donors (Lipinski definition) is 1. The van der Waals surface area contributed by atoms with Gasteiger partial charge in [0.25, 0.3) is 0 Å². The van der Waals surface area contributed by atoms with Crippen LogP contribution in [0.2, 0.25) is 5.02 Å². The van der Waals surface area contributed by atoms with Gasteiger partial charge in [0.15, 0.2) is 0 Å². The van der Waals surface area contributed by atoms with E-state index in [1.807, 2.05) is 6.92 Å². The molecule has 0 saturated carbocycles. The summed E-state index contributed by atoms with van der Waals surface area (Å²) in [5, 5.41) is 3.31. The summed E-state index contributed by atoms with van der Waals surface area (Å²) in [5.74, 6) is -0.803. The third kappa shape index (κ3) is 3.64. The molecule has 0 bridgehead atoms. The Balaban J connectivity index is 0.00000200. The van der Waals surface area contributed by atoms with Gasteiger partial charge in [-0.2, -0.15) is 4.31 Å². The van der Waals surface area contributed by atoms with Crippen LogP contribution in [0, 0.1) is 5.82 Å². The molecule has 0 aromatic heterocycles. The van der Waals surface area contributed by atoms with Crippen molar-refractivity contribution in [2.45, 2.75) is 17.9 Å². The van der Waals surface area contributed by atoms with Gasteiger partial charge in [0.05, 0.1) is 5.02 Å². The Hall–Kier alpha value is 0.0800. The predicted octanol–water partition coefficient (Wildman–Crippen LogP) is 2.65. The van der Waals surface area contributed by atoms with Crippen molar-refractivity contribution >= 4 is 50.0 Å². The fourth-order valence-electron chi connectivity index (χ4n) is 1.96. The molecule has 20 heavy (non-hydrogen) atoms. The minimum Gasteiger partial charge on any atom is -0.312 e. The Bertz CT molecular complexity index is 600. The average molecular weight is 408 g/mol. The molecule has 1 fully saturated rings. The summed E-state index contributed by atoms with van der Waals surface area (Å²) >= 11 is 8.91. The van der Waals surface area contributed by atoms with Gasteiger partial charge in [-0.3, -0.25) is 0 Å². The lowest BCUT2D eigenvalue weighted by molar-refractivity contribution is 0.309. The van der Waals surface area contributed by atoms with Crippen molar-refractivity contribution < 1.29 is 12.8 Å². The van der Waals surface area contributed by atoms with Gasteiger partial charge in [0, 0.05) is 30.1 Å². The average Bonchev–Trinajstić information content (AvgIpc) is 2.33. The fraction of sp³-hybridized carbons (Fsp3) is 0.455. The molecular formula is C11H14BrCl2FN2O2S. The monoisotopic (exact) mass is 406 g/mol. The first kappa shape index (κ1) is 18.1. The summed E-state index contributed by atoms with van der Waals surface area (Å²) in [6.07, 6.45) is 0. The zero-order chi connectivity index (χ0) is 14.2. The van der Waals surface area contributed by atoms with Gasteiger partial charge in [0.2, 0.25) is 10.0 Å². The topological polar surface area (TPSA) is 49.4 Å². The van der Waals surface area contributed by atoms with E-state index in [0.29, 0.717) is 24.1 Å². The van der Waals surface area contributed by atoms with Gasteiger partial charge < -0.3 is 5.32 Å². The van der Waals surface area contributed by atoms with E-state index in [9.17, 15) is 12.8 Å². The lowest BCUT2D eigenvalue weighted by atomic mass is 10.3. The summed E-state index contributed by atoms with van der Waals surface area (Å²) in [4.78, 5) is -0.380. The van der Waals surface area contributed by atoms with Crippen molar-refractivity contribution in [2.75, 3.05) is 19.6 Å². The highest BCUT2D eigenvalue weighted by molar-refractivity contribution is 9.10. The van der Waals surface area contributed by atoms with Crippen LogP contribution in [0.4, 0.5) is 4.39 Å². The van der Waals surface area contributed by atoms with Crippen molar-refractivity contribution in [2.24, 2.45) is 0 Å². The largest absolute Gasteiger partial charge is 0.312 e. The van der Waals surface area contributed by atoms with E-state index in [4.69, 9.17) is 11.6 Å². The summed E-state index contributed by atoms with van der Waals surface area (Å²) in [5.41, 5.74) is 0. The van der Waals surface area contributed by atoms with Crippen LogP contribution in [0.15, 0.2) is 21.5 Å². The van der Waals surface area contributed by atoms with Gasteiger partial charge in [-0.15, -0.1) is 12.4 Å². The second-order valence-electron chi connectivity index (χ2n) is 4.41. The zero-order valence-corrected chi connectivity index (χ0v) is 14.5. The smallest absolute Gasteiger partial charge is 0.246 e. The molecule has 0 amide bonds. The Morgan fingerprint density at radius 1 is 1.50 bits per heavy atom. The number of nitrogens with one attached hydrogen (secondary N) is 1. The number of piperazine rings is 1. The van der Waals surface area contributed by atoms with Crippen LogP contribution < -0.4 is 5.32 Å². The van der Waals surface area contributed by atoms with E-state index in [2.05, 4.69) is 21.2 Å². The van der Waals surface area contributed by atoms with Crippen molar-refractivity contribution in [3.63, 3.8) is 0 Å². The maximum absolute atomic E-state index is 13.9. The van der Waals surface area contributed by atoms with Gasteiger partial charge in [-0.25, -0.2) is 12.8 Å². The lowest BCUT2D eigenvalue weighted by Crippen LogP contribution is -2.51. The molecule has 9 heteroatoms. The van der Waals surface area contributed by atoms with Gasteiger partial charge in [-0.1, -0.05) is 11.6 Å². The van der Waals surface area contributed by atoms with E-state index in [1.165, 1.54) is 4.31 Å². The highest BCUT2D eigenvalue weighted by atomic mass is 79.9. The minimum absolute atomic E-state index is 0. The molecule has 0 spiro atoms. The summed E-state index contributed by atoms with van der Waals surface area (Å²) in [6, 6.07) is 2.25. The summed E-state index contributed by atoms with van der Waals surface area (Å²) in [6.45, 7) is 3.06. The Morgan fingerprint density at radius 2 is 2.15 bits per heavy atom. The quantitative estimate of drug-likeness (QED) is 0.766. The van der Waals surface area contributed by atoms with Crippen LogP contribution in [0.3, 0.4) is 0 Å². The molecule has 1 aliphatic heterocycles. The number of benzene rings is 1. The number of hydrogen-bond acceptors (Lipinski definition) is 3. The molecule has 1 aromatic rings. The van der Waals surface area contributed by atoms with Gasteiger partial charge in [0.1, 0.15) is 10.7 Å². The molecule has 2 rings (SSSR count). The third-order valence-corrected chi connectivity index (χ3v) is 6.00. The van der Waals surface area contributed by atoms with Crippen LogP contribution >= 0.6 is 39.9 Å². The fourth-order valence-corrected chi connectivity index (χ4v) is 4.10. The second kappa shape index (κ2) is 6.89. The zero-order valence-electron chi connectivity index (χ0n) is 10.6.